The maximum absolute atomic E-state index is 11.9. The van der Waals surface area contributed by atoms with Crippen LogP contribution in [0.25, 0.3) is 0 Å². The maximum atomic E-state index is 11.9. The van der Waals surface area contributed by atoms with Gasteiger partial charge in [0, 0.05) is 17.5 Å². The molecule has 0 bridgehead atoms. The number of benzene rings is 1. The first kappa shape index (κ1) is 12.9. The minimum Gasteiger partial charge on any atom is -0.294 e. The third-order valence-corrected chi connectivity index (χ3v) is 2.78. The smallest absolute Gasteiger partial charge is 0.294 e. The number of hydrogen-bond donors (Lipinski definition) is 1. The third kappa shape index (κ3) is 3.77. The number of anilines is 1. The quantitative estimate of drug-likeness (QED) is 0.816. The molecule has 1 rings (SSSR count). The normalized spacial score (nSPS) is 10.2. The molecular formula is C12H18N2OS. The van der Waals surface area contributed by atoms with Gasteiger partial charge in [0.15, 0.2) is 0 Å². The lowest BCUT2D eigenvalue weighted by atomic mass is 10.3. The molecule has 0 aliphatic rings. The van der Waals surface area contributed by atoms with Gasteiger partial charge in [-0.15, -0.1) is 0 Å². The average molecular weight is 238 g/mol. The molecule has 0 aliphatic heterocycles. The van der Waals surface area contributed by atoms with Gasteiger partial charge in [-0.2, -0.15) is 0 Å². The van der Waals surface area contributed by atoms with E-state index in [0.717, 1.165) is 5.69 Å². The van der Waals surface area contributed by atoms with Gasteiger partial charge in [-0.1, -0.05) is 32.0 Å². The topological polar surface area (TPSA) is 32.3 Å². The second-order valence-electron chi connectivity index (χ2n) is 3.65. The maximum Gasteiger partial charge on any atom is 0.331 e. The van der Waals surface area contributed by atoms with E-state index < -0.39 is 0 Å². The second-order valence-corrected chi connectivity index (χ2v) is 5.04. The summed E-state index contributed by atoms with van der Waals surface area (Å²) in [4.78, 5) is 13.6. The molecule has 1 N–H and O–H groups in total. The van der Waals surface area contributed by atoms with Crippen LogP contribution >= 0.6 is 11.9 Å². The fraction of sp³-hybridized carbons (Fsp3) is 0.417. The highest BCUT2D eigenvalue weighted by Gasteiger charge is 2.13. The summed E-state index contributed by atoms with van der Waals surface area (Å²) in [5, 5.41) is 0.387. The molecule has 4 heteroatoms. The van der Waals surface area contributed by atoms with Crippen molar-refractivity contribution in [2.75, 3.05) is 11.4 Å². The van der Waals surface area contributed by atoms with Gasteiger partial charge in [0.05, 0.1) is 0 Å². The molecule has 3 nitrogen and oxygen atoms in total. The molecule has 0 heterocycles. The Balaban J connectivity index is 2.64. The fourth-order valence-electron chi connectivity index (χ4n) is 1.27. The van der Waals surface area contributed by atoms with E-state index in [1.54, 1.807) is 4.90 Å². The molecule has 0 fully saturated rings. The highest BCUT2D eigenvalue weighted by atomic mass is 32.2. The van der Waals surface area contributed by atoms with Crippen molar-refractivity contribution in [2.45, 2.75) is 26.0 Å². The molecule has 88 valence electrons. The molecule has 0 saturated heterocycles. The molecule has 0 radical (unpaired) electrons. The summed E-state index contributed by atoms with van der Waals surface area (Å²) < 4.78 is 2.84. The summed E-state index contributed by atoms with van der Waals surface area (Å²) in [5.41, 5.74) is 0.923. The first-order chi connectivity index (χ1) is 7.65. The lowest BCUT2D eigenvalue weighted by Gasteiger charge is -2.21. The number of amides is 2. The van der Waals surface area contributed by atoms with Gasteiger partial charge in [-0.05, 0) is 31.0 Å². The Morgan fingerprint density at radius 2 is 2.00 bits per heavy atom. The highest BCUT2D eigenvalue weighted by molar-refractivity contribution is 7.98. The van der Waals surface area contributed by atoms with E-state index in [1.807, 2.05) is 51.1 Å². The van der Waals surface area contributed by atoms with E-state index >= 15 is 0 Å². The zero-order valence-corrected chi connectivity index (χ0v) is 10.8. The van der Waals surface area contributed by atoms with Crippen molar-refractivity contribution in [1.29, 1.82) is 0 Å². The van der Waals surface area contributed by atoms with Crippen molar-refractivity contribution in [3.8, 4) is 0 Å². The fourth-order valence-corrected chi connectivity index (χ4v) is 1.72. The van der Waals surface area contributed by atoms with Crippen LogP contribution in [0.5, 0.6) is 0 Å². The number of carbonyl (C=O) groups is 1. The standard InChI is InChI=1S/C12H18N2OS/c1-4-14(11-8-6-5-7-9-11)12(15)13-16-10(2)3/h5-10H,4H2,1-3H3,(H,13,15). The first-order valence-electron chi connectivity index (χ1n) is 5.43. The molecule has 0 aromatic heterocycles. The van der Waals surface area contributed by atoms with Crippen molar-refractivity contribution in [3.05, 3.63) is 30.3 Å². The van der Waals surface area contributed by atoms with E-state index in [-0.39, 0.29) is 6.03 Å². The van der Waals surface area contributed by atoms with Crippen LogP contribution in [0.2, 0.25) is 0 Å². The number of nitrogens with zero attached hydrogens (tertiary/aromatic N) is 1. The van der Waals surface area contributed by atoms with Crippen molar-refractivity contribution in [3.63, 3.8) is 0 Å². The Bertz CT molecular complexity index is 327. The molecule has 1 aromatic carbocycles. The van der Waals surface area contributed by atoms with E-state index in [1.165, 1.54) is 11.9 Å². The Hall–Kier alpha value is -1.16. The number of nitrogens with one attached hydrogen (secondary N) is 1. The van der Waals surface area contributed by atoms with Crippen molar-refractivity contribution < 1.29 is 4.79 Å². The SMILES string of the molecule is CCN(C(=O)NSC(C)C)c1ccccc1. The molecule has 16 heavy (non-hydrogen) atoms. The predicted octanol–water partition coefficient (Wildman–Crippen LogP) is 3.28. The molecule has 0 saturated carbocycles. The molecule has 0 unspecified atom stereocenters. The van der Waals surface area contributed by atoms with Crippen LogP contribution in [0.15, 0.2) is 30.3 Å². The second kappa shape index (κ2) is 6.43. The Morgan fingerprint density at radius 3 is 2.50 bits per heavy atom. The molecule has 0 spiro atoms. The van der Waals surface area contributed by atoms with Crippen LogP contribution in [0.3, 0.4) is 0 Å². The average Bonchev–Trinajstić information content (AvgIpc) is 2.29. The summed E-state index contributed by atoms with van der Waals surface area (Å²) in [6.07, 6.45) is 0. The van der Waals surface area contributed by atoms with Gasteiger partial charge >= 0.3 is 6.03 Å². The molecule has 1 aromatic rings. The van der Waals surface area contributed by atoms with E-state index in [4.69, 9.17) is 0 Å². The Labute approximate surface area is 101 Å². The van der Waals surface area contributed by atoms with Gasteiger partial charge in [0.2, 0.25) is 0 Å². The largest absolute Gasteiger partial charge is 0.331 e. The van der Waals surface area contributed by atoms with Gasteiger partial charge in [-0.3, -0.25) is 9.62 Å². The number of urea groups is 1. The zero-order chi connectivity index (χ0) is 12.0. The van der Waals surface area contributed by atoms with E-state index in [2.05, 4.69) is 4.72 Å². The lowest BCUT2D eigenvalue weighted by molar-refractivity contribution is 0.252. The van der Waals surface area contributed by atoms with Crippen LogP contribution in [-0.4, -0.2) is 17.8 Å². The number of carbonyl (C=O) groups excluding carboxylic acids is 1. The zero-order valence-electron chi connectivity index (χ0n) is 9.93. The summed E-state index contributed by atoms with van der Waals surface area (Å²) in [7, 11) is 0. The molecule has 0 aliphatic carbocycles. The predicted molar refractivity (Wildman–Crippen MR) is 70.7 cm³/mol. The summed E-state index contributed by atoms with van der Waals surface area (Å²) in [6, 6.07) is 9.61. The molecule has 0 atom stereocenters. The van der Waals surface area contributed by atoms with Crippen LogP contribution in [0, 0.1) is 0 Å². The third-order valence-electron chi connectivity index (χ3n) is 2.01. The van der Waals surface area contributed by atoms with Crippen molar-refractivity contribution in [2.24, 2.45) is 0 Å². The lowest BCUT2D eigenvalue weighted by Crippen LogP contribution is -2.37. The Morgan fingerprint density at radius 1 is 1.38 bits per heavy atom. The van der Waals surface area contributed by atoms with Gasteiger partial charge in [0.25, 0.3) is 0 Å². The minimum absolute atomic E-state index is 0.0626. The number of rotatable bonds is 4. The highest BCUT2D eigenvalue weighted by Crippen LogP contribution is 2.14. The minimum atomic E-state index is -0.0626. The summed E-state index contributed by atoms with van der Waals surface area (Å²) in [5.74, 6) is 0. The molecule has 2 amide bonds. The van der Waals surface area contributed by atoms with E-state index in [0.29, 0.717) is 11.8 Å². The molecular weight excluding hydrogens is 220 g/mol. The summed E-state index contributed by atoms with van der Waals surface area (Å²) >= 11 is 1.44. The van der Waals surface area contributed by atoms with Crippen LogP contribution < -0.4 is 9.62 Å². The Kier molecular flexibility index (Phi) is 5.19. The summed E-state index contributed by atoms with van der Waals surface area (Å²) in [6.45, 7) is 6.72. The van der Waals surface area contributed by atoms with Gasteiger partial charge < -0.3 is 0 Å². The van der Waals surface area contributed by atoms with Crippen LogP contribution in [0.1, 0.15) is 20.8 Å². The van der Waals surface area contributed by atoms with Crippen LogP contribution in [0.4, 0.5) is 10.5 Å². The van der Waals surface area contributed by atoms with E-state index in [9.17, 15) is 4.79 Å². The number of hydrogen-bond acceptors (Lipinski definition) is 2. The monoisotopic (exact) mass is 238 g/mol. The first-order valence-corrected chi connectivity index (χ1v) is 6.31. The van der Waals surface area contributed by atoms with Gasteiger partial charge in [0.1, 0.15) is 0 Å². The van der Waals surface area contributed by atoms with Gasteiger partial charge in [-0.25, -0.2) is 4.79 Å². The van der Waals surface area contributed by atoms with Crippen LogP contribution in [-0.2, 0) is 0 Å². The number of para-hydroxylation sites is 1. The van der Waals surface area contributed by atoms with Crippen molar-refractivity contribution in [1.82, 2.24) is 4.72 Å². The van der Waals surface area contributed by atoms with Crippen molar-refractivity contribution >= 4 is 23.7 Å².